The fourth-order valence-corrected chi connectivity index (χ4v) is 4.87. The molecule has 4 rings (SSSR count). The summed E-state index contributed by atoms with van der Waals surface area (Å²) in [5.74, 6) is 0.679. The summed E-state index contributed by atoms with van der Waals surface area (Å²) in [7, 11) is 0. The van der Waals surface area contributed by atoms with Gasteiger partial charge >= 0.3 is 0 Å². The molecule has 0 aliphatic rings. The molecule has 1 aromatic carbocycles. The number of thiophene rings is 2. The van der Waals surface area contributed by atoms with Crippen LogP contribution in [0.25, 0.3) is 32.0 Å². The molecule has 0 aliphatic carbocycles. The van der Waals surface area contributed by atoms with Crippen LogP contribution in [0.4, 0.5) is 0 Å². The number of nitrogens with zero attached hydrogens (tertiary/aromatic N) is 2. The maximum atomic E-state index is 13.4. The van der Waals surface area contributed by atoms with Crippen LogP contribution in [-0.2, 0) is 11.3 Å². The largest absolute Gasteiger partial charge is 0.300 e. The number of aryl methyl sites for hydroxylation is 1. The summed E-state index contributed by atoms with van der Waals surface area (Å²) in [5.41, 5.74) is 2.84. The third kappa shape index (κ3) is 3.38. The van der Waals surface area contributed by atoms with Gasteiger partial charge in [-0.15, -0.1) is 22.7 Å². The van der Waals surface area contributed by atoms with E-state index in [1.54, 1.807) is 22.8 Å². The fourth-order valence-electron chi connectivity index (χ4n) is 3.12. The molecule has 0 saturated heterocycles. The van der Waals surface area contributed by atoms with E-state index < -0.39 is 0 Å². The Labute approximate surface area is 164 Å². The van der Waals surface area contributed by atoms with Gasteiger partial charge in [0.1, 0.15) is 16.4 Å². The van der Waals surface area contributed by atoms with E-state index in [-0.39, 0.29) is 11.3 Å². The highest BCUT2D eigenvalue weighted by atomic mass is 32.1. The molecule has 4 nitrogen and oxygen atoms in total. The summed E-state index contributed by atoms with van der Waals surface area (Å²) in [4.78, 5) is 31.6. The van der Waals surface area contributed by atoms with Crippen molar-refractivity contribution in [1.29, 1.82) is 0 Å². The van der Waals surface area contributed by atoms with E-state index >= 15 is 0 Å². The van der Waals surface area contributed by atoms with Crippen LogP contribution in [0.5, 0.6) is 0 Å². The monoisotopic (exact) mass is 394 g/mol. The number of hydrogen-bond acceptors (Lipinski definition) is 5. The Morgan fingerprint density at radius 1 is 1.19 bits per heavy atom. The minimum absolute atomic E-state index is 0.0565. The van der Waals surface area contributed by atoms with E-state index in [2.05, 4.69) is 0 Å². The third-order valence-electron chi connectivity index (χ3n) is 4.44. The van der Waals surface area contributed by atoms with Crippen LogP contribution in [0.1, 0.15) is 18.9 Å². The Morgan fingerprint density at radius 3 is 2.74 bits per heavy atom. The van der Waals surface area contributed by atoms with E-state index in [1.165, 1.54) is 11.3 Å². The van der Waals surface area contributed by atoms with Gasteiger partial charge in [-0.2, -0.15) is 0 Å². The molecule has 3 heterocycles. The van der Waals surface area contributed by atoms with Crippen LogP contribution in [0, 0.1) is 6.92 Å². The fraction of sp³-hybridized carbons (Fsp3) is 0.190. The topological polar surface area (TPSA) is 52.0 Å². The lowest BCUT2D eigenvalue weighted by Crippen LogP contribution is -2.24. The maximum absolute atomic E-state index is 13.4. The highest BCUT2D eigenvalue weighted by molar-refractivity contribution is 7.18. The molecule has 6 heteroatoms. The van der Waals surface area contributed by atoms with E-state index in [4.69, 9.17) is 4.98 Å². The Morgan fingerprint density at radius 2 is 2.04 bits per heavy atom. The van der Waals surface area contributed by atoms with Gasteiger partial charge in [0.15, 0.2) is 0 Å². The van der Waals surface area contributed by atoms with Crippen molar-refractivity contribution in [3.63, 3.8) is 0 Å². The van der Waals surface area contributed by atoms with E-state index in [0.29, 0.717) is 24.2 Å². The van der Waals surface area contributed by atoms with Crippen LogP contribution < -0.4 is 5.56 Å². The summed E-state index contributed by atoms with van der Waals surface area (Å²) < 4.78 is 1.66. The predicted molar refractivity (Wildman–Crippen MR) is 113 cm³/mol. The summed E-state index contributed by atoms with van der Waals surface area (Å²) in [6.07, 6.45) is 0.310. The quantitative estimate of drug-likeness (QED) is 0.471. The Balaban J connectivity index is 1.98. The molecular weight excluding hydrogens is 376 g/mol. The summed E-state index contributed by atoms with van der Waals surface area (Å²) >= 11 is 3.10. The van der Waals surface area contributed by atoms with Crippen LogP contribution in [0.2, 0.25) is 0 Å². The van der Waals surface area contributed by atoms with Gasteiger partial charge < -0.3 is 0 Å². The van der Waals surface area contributed by atoms with Crippen molar-refractivity contribution in [2.45, 2.75) is 26.8 Å². The summed E-state index contributed by atoms with van der Waals surface area (Å²) in [6, 6.07) is 11.9. The van der Waals surface area contributed by atoms with Gasteiger partial charge in [0.05, 0.1) is 5.39 Å². The van der Waals surface area contributed by atoms with Crippen molar-refractivity contribution in [3.05, 3.63) is 63.1 Å². The molecular formula is C21H18N2O2S2. The highest BCUT2D eigenvalue weighted by Crippen LogP contribution is 2.34. The molecule has 0 fully saturated rings. The zero-order valence-electron chi connectivity index (χ0n) is 15.1. The van der Waals surface area contributed by atoms with Gasteiger partial charge in [0, 0.05) is 34.3 Å². The van der Waals surface area contributed by atoms with E-state index in [0.717, 1.165) is 26.4 Å². The molecule has 0 saturated carbocycles. The first kappa shape index (κ1) is 17.8. The van der Waals surface area contributed by atoms with Gasteiger partial charge in [-0.1, -0.05) is 29.8 Å². The third-order valence-corrected chi connectivity index (χ3v) is 6.22. The second kappa shape index (κ2) is 7.21. The maximum Gasteiger partial charge on any atom is 0.263 e. The summed E-state index contributed by atoms with van der Waals surface area (Å²) in [5, 5.41) is 4.64. The molecule has 0 bridgehead atoms. The number of Topliss-reactive ketones (excluding diaryl/α,β-unsaturated/α-hetero) is 1. The van der Waals surface area contributed by atoms with Gasteiger partial charge in [-0.05, 0) is 31.4 Å². The van der Waals surface area contributed by atoms with Crippen LogP contribution in [0.15, 0.2) is 52.0 Å². The van der Waals surface area contributed by atoms with Crippen molar-refractivity contribution < 1.29 is 4.79 Å². The normalized spacial score (nSPS) is 11.2. The second-order valence-corrected chi connectivity index (χ2v) is 8.33. The molecule has 0 amide bonds. The van der Waals surface area contributed by atoms with E-state index in [9.17, 15) is 9.59 Å². The van der Waals surface area contributed by atoms with Crippen molar-refractivity contribution in [3.8, 4) is 21.8 Å². The molecule has 27 heavy (non-hydrogen) atoms. The number of fused-ring (bicyclic) bond motifs is 1. The number of benzene rings is 1. The average molecular weight is 395 g/mol. The summed E-state index contributed by atoms with van der Waals surface area (Å²) in [6.45, 7) is 3.89. The van der Waals surface area contributed by atoms with E-state index in [1.807, 2.05) is 54.1 Å². The van der Waals surface area contributed by atoms with Crippen molar-refractivity contribution >= 4 is 38.7 Å². The van der Waals surface area contributed by atoms with Crippen LogP contribution in [-0.4, -0.2) is 15.3 Å². The number of aromatic nitrogens is 2. The number of ketones is 1. The van der Waals surface area contributed by atoms with Gasteiger partial charge in [-0.25, -0.2) is 4.98 Å². The first-order valence-corrected chi connectivity index (χ1v) is 10.4. The van der Waals surface area contributed by atoms with Gasteiger partial charge in [0.25, 0.3) is 5.56 Å². The molecule has 3 aromatic heterocycles. The highest BCUT2D eigenvalue weighted by Gasteiger charge is 2.18. The molecule has 0 atom stereocenters. The molecule has 0 radical (unpaired) electrons. The lowest BCUT2D eigenvalue weighted by atomic mass is 10.1. The number of carbonyl (C=O) groups is 1. The second-order valence-electron chi connectivity index (χ2n) is 6.52. The lowest BCUT2D eigenvalue weighted by molar-refractivity contribution is -0.117. The molecule has 0 N–H and O–H groups in total. The van der Waals surface area contributed by atoms with Crippen LogP contribution in [0.3, 0.4) is 0 Å². The lowest BCUT2D eigenvalue weighted by Gasteiger charge is -2.13. The molecule has 0 aliphatic heterocycles. The molecule has 4 aromatic rings. The standard InChI is InChI=1S/C21H18N2O2S2/c1-13-5-3-6-15(11-13)19-22-20-18(21(25)23(19)9-8-14(2)24)16(12-27-20)17-7-4-10-26-17/h3-7,10-12H,8-9H2,1-2H3. The van der Waals surface area contributed by atoms with Gasteiger partial charge in [-0.3, -0.25) is 14.2 Å². The number of hydrogen-bond donors (Lipinski definition) is 0. The SMILES string of the molecule is CC(=O)CCn1c(-c2cccc(C)c2)nc2scc(-c3cccs3)c2c1=O. The Hall–Kier alpha value is -2.57. The first-order valence-electron chi connectivity index (χ1n) is 8.67. The molecule has 136 valence electrons. The zero-order chi connectivity index (χ0) is 19.0. The average Bonchev–Trinajstić information content (AvgIpc) is 3.30. The molecule has 0 spiro atoms. The predicted octanol–water partition coefficient (Wildman–Crippen LogP) is 5.14. The Kier molecular flexibility index (Phi) is 4.76. The molecule has 0 unspecified atom stereocenters. The van der Waals surface area contributed by atoms with Crippen LogP contribution >= 0.6 is 22.7 Å². The zero-order valence-corrected chi connectivity index (χ0v) is 16.7. The van der Waals surface area contributed by atoms with Crippen molar-refractivity contribution in [2.24, 2.45) is 0 Å². The minimum atomic E-state index is -0.0811. The van der Waals surface area contributed by atoms with Gasteiger partial charge in [0.2, 0.25) is 0 Å². The smallest absolute Gasteiger partial charge is 0.263 e. The van der Waals surface area contributed by atoms with Crippen molar-refractivity contribution in [1.82, 2.24) is 9.55 Å². The Bertz CT molecular complexity index is 1190. The number of rotatable bonds is 5. The first-order chi connectivity index (χ1) is 13.0. The number of carbonyl (C=O) groups excluding carboxylic acids is 1. The van der Waals surface area contributed by atoms with Crippen molar-refractivity contribution in [2.75, 3.05) is 0 Å². The minimum Gasteiger partial charge on any atom is -0.300 e.